The molecule has 6 heteroatoms. The monoisotopic (exact) mass is 411 g/mol. The highest BCUT2D eigenvalue weighted by Gasteiger charge is 2.19. The van der Waals surface area contributed by atoms with E-state index in [0.29, 0.717) is 15.1 Å². The minimum absolute atomic E-state index is 0.210. The van der Waals surface area contributed by atoms with E-state index in [-0.39, 0.29) is 11.9 Å². The molecule has 96 valence electrons. The van der Waals surface area contributed by atoms with Gasteiger partial charge in [0, 0.05) is 10.0 Å². The number of halogens is 4. The van der Waals surface area contributed by atoms with Gasteiger partial charge in [-0.15, -0.1) is 11.3 Å². The van der Waals surface area contributed by atoms with Gasteiger partial charge in [0.25, 0.3) is 0 Å². The molecule has 0 spiro atoms. The van der Waals surface area contributed by atoms with Gasteiger partial charge in [-0.05, 0) is 68.1 Å². The van der Waals surface area contributed by atoms with Crippen molar-refractivity contribution in [2.24, 2.45) is 0 Å². The molecule has 1 aromatic heterocycles. The fourth-order valence-electron chi connectivity index (χ4n) is 1.74. The number of hydrogen-bond acceptors (Lipinski definition) is 2. The first kappa shape index (κ1) is 14.5. The van der Waals surface area contributed by atoms with Crippen LogP contribution in [0, 0.1) is 5.82 Å². The van der Waals surface area contributed by atoms with Crippen LogP contribution in [-0.4, -0.2) is 7.05 Å². The molecule has 1 aromatic carbocycles. The van der Waals surface area contributed by atoms with Crippen molar-refractivity contribution in [3.05, 3.63) is 53.8 Å². The van der Waals surface area contributed by atoms with Gasteiger partial charge >= 0.3 is 0 Å². The third-order valence-corrected chi connectivity index (χ3v) is 5.28. The molecule has 1 heterocycles. The first-order valence-corrected chi connectivity index (χ1v) is 7.93. The Morgan fingerprint density at radius 3 is 2.61 bits per heavy atom. The Balaban J connectivity index is 2.48. The highest BCUT2D eigenvalue weighted by atomic mass is 79.9. The summed E-state index contributed by atoms with van der Waals surface area (Å²) in [5.41, 5.74) is 1.54. The average Bonchev–Trinajstić information content (AvgIpc) is 2.73. The zero-order valence-corrected chi connectivity index (χ0v) is 14.1. The first-order valence-electron chi connectivity index (χ1n) is 5.08. The second-order valence-corrected chi connectivity index (χ2v) is 7.25. The molecule has 2 rings (SSSR count). The van der Waals surface area contributed by atoms with E-state index < -0.39 is 0 Å². The molecular formula is C12H9Br2ClFNS. The van der Waals surface area contributed by atoms with Gasteiger partial charge < -0.3 is 5.32 Å². The zero-order chi connectivity index (χ0) is 13.3. The Hall–Kier alpha value is 0.0600. The third kappa shape index (κ3) is 2.96. The molecule has 18 heavy (non-hydrogen) atoms. The highest BCUT2D eigenvalue weighted by molar-refractivity contribution is 9.11. The van der Waals surface area contributed by atoms with Crippen LogP contribution in [0.15, 0.2) is 31.8 Å². The van der Waals surface area contributed by atoms with Crippen molar-refractivity contribution in [1.82, 2.24) is 5.32 Å². The standard InChI is InChI=1S/C12H9Br2ClFNS/c1-17-12(6-2-11(14)18-5-6)7-3-9(15)8(13)4-10(7)16/h2-5,12,17H,1H3. The summed E-state index contributed by atoms with van der Waals surface area (Å²) < 4.78 is 15.6. The van der Waals surface area contributed by atoms with Crippen molar-refractivity contribution in [2.45, 2.75) is 6.04 Å². The molecule has 0 aliphatic rings. The van der Waals surface area contributed by atoms with E-state index in [1.165, 1.54) is 6.07 Å². The largest absolute Gasteiger partial charge is 0.309 e. The van der Waals surface area contributed by atoms with Crippen LogP contribution in [0.25, 0.3) is 0 Å². The van der Waals surface area contributed by atoms with Crippen LogP contribution in [0.1, 0.15) is 17.2 Å². The van der Waals surface area contributed by atoms with Crippen molar-refractivity contribution in [3.63, 3.8) is 0 Å². The Kier molecular flexibility index (Phi) is 4.83. The van der Waals surface area contributed by atoms with Gasteiger partial charge in [0.1, 0.15) is 5.82 Å². The number of hydrogen-bond donors (Lipinski definition) is 1. The van der Waals surface area contributed by atoms with Crippen LogP contribution < -0.4 is 5.32 Å². The van der Waals surface area contributed by atoms with Gasteiger partial charge in [0.15, 0.2) is 0 Å². The van der Waals surface area contributed by atoms with Crippen molar-refractivity contribution >= 4 is 54.8 Å². The fourth-order valence-corrected chi connectivity index (χ4v) is 3.42. The lowest BCUT2D eigenvalue weighted by atomic mass is 10.0. The Labute approximate surface area is 131 Å². The van der Waals surface area contributed by atoms with Crippen LogP contribution in [0.5, 0.6) is 0 Å². The summed E-state index contributed by atoms with van der Waals surface area (Å²) in [7, 11) is 1.80. The van der Waals surface area contributed by atoms with E-state index in [4.69, 9.17) is 11.6 Å². The van der Waals surface area contributed by atoms with Gasteiger partial charge in [-0.1, -0.05) is 11.6 Å². The summed E-state index contributed by atoms with van der Waals surface area (Å²) in [6.45, 7) is 0. The number of nitrogens with one attached hydrogen (secondary N) is 1. The zero-order valence-electron chi connectivity index (χ0n) is 9.31. The van der Waals surface area contributed by atoms with Crippen LogP contribution in [0.4, 0.5) is 4.39 Å². The summed E-state index contributed by atoms with van der Waals surface area (Å²) in [6.07, 6.45) is 0. The summed E-state index contributed by atoms with van der Waals surface area (Å²) in [5, 5.41) is 5.59. The summed E-state index contributed by atoms with van der Waals surface area (Å²) in [5.74, 6) is -0.284. The molecule has 0 aliphatic carbocycles. The number of benzene rings is 1. The van der Waals surface area contributed by atoms with Crippen LogP contribution in [0.2, 0.25) is 5.02 Å². The average molecular weight is 414 g/mol. The van der Waals surface area contributed by atoms with Crippen LogP contribution in [-0.2, 0) is 0 Å². The van der Waals surface area contributed by atoms with Gasteiger partial charge in [0.05, 0.1) is 14.9 Å². The first-order chi connectivity index (χ1) is 8.52. The topological polar surface area (TPSA) is 12.0 Å². The maximum absolute atomic E-state index is 14.0. The molecule has 0 aliphatic heterocycles. The molecule has 0 saturated carbocycles. The maximum atomic E-state index is 14.0. The van der Waals surface area contributed by atoms with E-state index in [1.54, 1.807) is 24.5 Å². The van der Waals surface area contributed by atoms with E-state index in [0.717, 1.165) is 9.35 Å². The molecule has 0 saturated heterocycles. The second-order valence-electron chi connectivity index (χ2n) is 3.69. The van der Waals surface area contributed by atoms with Crippen molar-refractivity contribution in [3.8, 4) is 0 Å². The normalized spacial score (nSPS) is 12.7. The molecule has 0 radical (unpaired) electrons. The molecule has 1 N–H and O–H groups in total. The van der Waals surface area contributed by atoms with Gasteiger partial charge in [-0.2, -0.15) is 0 Å². The Morgan fingerprint density at radius 2 is 2.06 bits per heavy atom. The lowest BCUT2D eigenvalue weighted by Crippen LogP contribution is -2.18. The minimum atomic E-state index is -0.284. The predicted octanol–water partition coefficient (Wildman–Crippen LogP) is 5.37. The third-order valence-electron chi connectivity index (χ3n) is 2.56. The van der Waals surface area contributed by atoms with E-state index in [2.05, 4.69) is 37.2 Å². The van der Waals surface area contributed by atoms with E-state index >= 15 is 0 Å². The van der Waals surface area contributed by atoms with E-state index in [1.807, 2.05) is 11.4 Å². The second kappa shape index (κ2) is 6.01. The molecular weight excluding hydrogens is 404 g/mol. The molecule has 1 nitrogen and oxygen atoms in total. The smallest absolute Gasteiger partial charge is 0.129 e. The summed E-state index contributed by atoms with van der Waals surface area (Å²) in [4.78, 5) is 0. The van der Waals surface area contributed by atoms with Crippen molar-refractivity contribution < 1.29 is 4.39 Å². The van der Waals surface area contributed by atoms with Gasteiger partial charge in [-0.25, -0.2) is 4.39 Å². The molecule has 1 atom stereocenters. The van der Waals surface area contributed by atoms with Crippen molar-refractivity contribution in [2.75, 3.05) is 7.05 Å². The van der Waals surface area contributed by atoms with Crippen molar-refractivity contribution in [1.29, 1.82) is 0 Å². The summed E-state index contributed by atoms with van der Waals surface area (Å²) >= 11 is 14.2. The van der Waals surface area contributed by atoms with Crippen LogP contribution >= 0.6 is 54.8 Å². The van der Waals surface area contributed by atoms with E-state index in [9.17, 15) is 4.39 Å². The number of thiophene rings is 1. The highest BCUT2D eigenvalue weighted by Crippen LogP contribution is 2.34. The molecule has 0 fully saturated rings. The maximum Gasteiger partial charge on any atom is 0.129 e. The SMILES string of the molecule is CNC(c1csc(Br)c1)c1cc(Cl)c(Br)cc1F. The quantitative estimate of drug-likeness (QED) is 0.667. The lowest BCUT2D eigenvalue weighted by Gasteiger charge is -2.17. The summed E-state index contributed by atoms with van der Waals surface area (Å²) in [6, 6.07) is 4.80. The van der Waals surface area contributed by atoms with Gasteiger partial charge in [-0.3, -0.25) is 0 Å². The fraction of sp³-hybridized carbons (Fsp3) is 0.167. The van der Waals surface area contributed by atoms with Crippen LogP contribution in [0.3, 0.4) is 0 Å². The predicted molar refractivity (Wildman–Crippen MR) is 82.0 cm³/mol. The molecule has 2 aromatic rings. The molecule has 0 amide bonds. The lowest BCUT2D eigenvalue weighted by molar-refractivity contribution is 0.576. The van der Waals surface area contributed by atoms with Gasteiger partial charge in [0.2, 0.25) is 0 Å². The Bertz CT molecular complexity index is 573. The molecule has 0 bridgehead atoms. The Morgan fingerprint density at radius 1 is 1.33 bits per heavy atom. The number of rotatable bonds is 3. The minimum Gasteiger partial charge on any atom is -0.309 e. The molecule has 1 unspecified atom stereocenters.